The lowest BCUT2D eigenvalue weighted by Crippen LogP contribution is -2.60. The fourth-order valence-corrected chi connectivity index (χ4v) is 6.68. The van der Waals surface area contributed by atoms with E-state index in [9.17, 15) is 24.0 Å². The van der Waals surface area contributed by atoms with Crippen LogP contribution in [0.15, 0.2) is 12.2 Å². The van der Waals surface area contributed by atoms with E-state index >= 15 is 0 Å². The number of nitrogens with zero attached hydrogens (tertiary/aromatic N) is 1. The summed E-state index contributed by atoms with van der Waals surface area (Å²) in [6, 6.07) is -2.80. The maximum atomic E-state index is 14.1. The standard InChI is InChI=1S/C28H43N5O6/c1-27(2,3)21(32-26(38)39-28(4,5)6)25(37)33-13-17-14-7-8-15(11-14)19(17)20(33)24(36)31-18(22(29)34)12-16-9-10-30-23(16)35/h7-8,14-21H,9-13H2,1-6H3,(H2,29,34)(H,30,35)(H,31,36)(H,32,38)/t14-,15+,16+,17-,18+,19+,20+,21?/m1/s1. The topological polar surface area (TPSA) is 160 Å². The summed E-state index contributed by atoms with van der Waals surface area (Å²) in [5.74, 6) is -1.69. The number of fused-ring (bicyclic) bond motifs is 5. The van der Waals surface area contributed by atoms with E-state index in [4.69, 9.17) is 10.5 Å². The lowest BCUT2D eigenvalue weighted by molar-refractivity contribution is -0.144. The van der Waals surface area contributed by atoms with Crippen LogP contribution < -0.4 is 21.7 Å². The number of likely N-dealkylation sites (tertiary alicyclic amines) is 1. The predicted octanol–water partition coefficient (Wildman–Crippen LogP) is 1.07. The molecule has 2 aliphatic heterocycles. The number of alkyl carbamates (subject to hydrolysis) is 1. The number of hydrogen-bond donors (Lipinski definition) is 4. The molecule has 216 valence electrons. The summed E-state index contributed by atoms with van der Waals surface area (Å²) in [5, 5.41) is 8.28. The average molecular weight is 546 g/mol. The third-order valence-electron chi connectivity index (χ3n) is 8.47. The molecule has 4 aliphatic rings. The molecule has 39 heavy (non-hydrogen) atoms. The van der Waals surface area contributed by atoms with Crippen LogP contribution >= 0.6 is 0 Å². The molecule has 0 aromatic rings. The molecular formula is C28H43N5O6. The second kappa shape index (κ2) is 10.5. The molecule has 2 saturated heterocycles. The highest BCUT2D eigenvalue weighted by Gasteiger charge is 2.59. The average Bonchev–Trinajstić information content (AvgIpc) is 3.57. The monoisotopic (exact) mass is 545 g/mol. The smallest absolute Gasteiger partial charge is 0.408 e. The number of carbonyl (C=O) groups excluding carboxylic acids is 5. The summed E-state index contributed by atoms with van der Waals surface area (Å²) in [6.07, 6.45) is 5.19. The van der Waals surface area contributed by atoms with Crippen molar-refractivity contribution in [2.45, 2.75) is 84.5 Å². The van der Waals surface area contributed by atoms with Crippen molar-refractivity contribution in [1.29, 1.82) is 0 Å². The molecule has 11 heteroatoms. The van der Waals surface area contributed by atoms with Crippen LogP contribution in [0.1, 0.15) is 60.8 Å². The minimum atomic E-state index is -1.03. The Kier molecular flexibility index (Phi) is 7.75. The van der Waals surface area contributed by atoms with Crippen LogP contribution in [0, 0.1) is 35.0 Å². The zero-order valence-electron chi connectivity index (χ0n) is 23.8. The number of primary amides is 1. The van der Waals surface area contributed by atoms with Gasteiger partial charge < -0.3 is 31.3 Å². The first-order valence-electron chi connectivity index (χ1n) is 13.9. The van der Waals surface area contributed by atoms with Crippen LogP contribution in [0.4, 0.5) is 4.79 Å². The fourth-order valence-electron chi connectivity index (χ4n) is 6.68. The number of carbonyl (C=O) groups is 5. The summed E-state index contributed by atoms with van der Waals surface area (Å²) in [4.78, 5) is 66.7. The first kappa shape index (κ1) is 28.9. The molecule has 1 unspecified atom stereocenters. The van der Waals surface area contributed by atoms with Gasteiger partial charge in [0.15, 0.2) is 0 Å². The number of allylic oxidation sites excluding steroid dienone is 2. The van der Waals surface area contributed by atoms with E-state index in [1.165, 1.54) is 0 Å². The summed E-state index contributed by atoms with van der Waals surface area (Å²) in [5.41, 5.74) is 4.23. The van der Waals surface area contributed by atoms with E-state index in [-0.39, 0.29) is 41.9 Å². The fraction of sp³-hybridized carbons (Fsp3) is 0.750. The van der Waals surface area contributed by atoms with Crippen LogP contribution in [-0.4, -0.2) is 71.4 Å². The van der Waals surface area contributed by atoms with E-state index in [0.717, 1.165) is 6.42 Å². The Bertz CT molecular complexity index is 1060. The number of hydrogen-bond acceptors (Lipinski definition) is 6. The Labute approximate surface area is 230 Å². The molecule has 5 N–H and O–H groups in total. The SMILES string of the molecule is CC(C)(C)OC(=O)NC(C(=O)N1C[C@H]2[C@@H]([C@H]1C(=O)N[C@@H](C[C@@H]1CCNC1=O)C(N)=O)[C@H]1C=C[C@@H]2C1)C(C)(C)C. The second-order valence-electron chi connectivity index (χ2n) is 13.5. The molecule has 2 heterocycles. The molecule has 3 fully saturated rings. The van der Waals surface area contributed by atoms with E-state index in [0.29, 0.717) is 19.5 Å². The molecule has 2 aliphatic carbocycles. The van der Waals surface area contributed by atoms with Gasteiger partial charge in [0.25, 0.3) is 0 Å². The van der Waals surface area contributed by atoms with Gasteiger partial charge in [-0.2, -0.15) is 0 Å². The van der Waals surface area contributed by atoms with Crippen LogP contribution in [0.3, 0.4) is 0 Å². The third-order valence-corrected chi connectivity index (χ3v) is 8.47. The minimum Gasteiger partial charge on any atom is -0.444 e. The van der Waals surface area contributed by atoms with Gasteiger partial charge in [-0.15, -0.1) is 0 Å². The van der Waals surface area contributed by atoms with Crippen molar-refractivity contribution < 1.29 is 28.7 Å². The molecule has 1 saturated carbocycles. The van der Waals surface area contributed by atoms with Gasteiger partial charge in [-0.3, -0.25) is 19.2 Å². The largest absolute Gasteiger partial charge is 0.444 e. The Morgan fingerprint density at radius 2 is 1.77 bits per heavy atom. The van der Waals surface area contributed by atoms with Crippen molar-refractivity contribution in [1.82, 2.24) is 20.9 Å². The van der Waals surface area contributed by atoms with Crippen LogP contribution in [0.2, 0.25) is 0 Å². The predicted molar refractivity (Wildman–Crippen MR) is 143 cm³/mol. The highest BCUT2D eigenvalue weighted by atomic mass is 16.6. The summed E-state index contributed by atoms with van der Waals surface area (Å²) in [7, 11) is 0. The number of rotatable bonds is 7. The normalized spacial score (nSPS) is 30.9. The lowest BCUT2D eigenvalue weighted by Gasteiger charge is -2.37. The Hall–Kier alpha value is -3.11. The lowest BCUT2D eigenvalue weighted by atomic mass is 9.81. The van der Waals surface area contributed by atoms with E-state index in [1.807, 2.05) is 20.8 Å². The Balaban J connectivity index is 1.58. The van der Waals surface area contributed by atoms with Gasteiger partial charge in [-0.05, 0) is 69.1 Å². The molecule has 2 bridgehead atoms. The van der Waals surface area contributed by atoms with Crippen molar-refractivity contribution in [3.05, 3.63) is 12.2 Å². The van der Waals surface area contributed by atoms with Crippen LogP contribution in [0.25, 0.3) is 0 Å². The van der Waals surface area contributed by atoms with Gasteiger partial charge in [-0.1, -0.05) is 32.9 Å². The first-order chi connectivity index (χ1) is 18.1. The van der Waals surface area contributed by atoms with Gasteiger partial charge >= 0.3 is 6.09 Å². The van der Waals surface area contributed by atoms with Gasteiger partial charge in [0.1, 0.15) is 23.7 Å². The maximum Gasteiger partial charge on any atom is 0.408 e. The zero-order valence-corrected chi connectivity index (χ0v) is 23.8. The van der Waals surface area contributed by atoms with Crippen molar-refractivity contribution >= 4 is 29.7 Å². The molecule has 0 spiro atoms. The zero-order chi connectivity index (χ0) is 28.9. The van der Waals surface area contributed by atoms with E-state index < -0.39 is 53.0 Å². The highest BCUT2D eigenvalue weighted by Crippen LogP contribution is 2.54. The first-order valence-corrected chi connectivity index (χ1v) is 13.9. The van der Waals surface area contributed by atoms with Gasteiger partial charge in [-0.25, -0.2) is 4.79 Å². The van der Waals surface area contributed by atoms with Gasteiger partial charge in [0.2, 0.25) is 23.6 Å². The van der Waals surface area contributed by atoms with E-state index in [2.05, 4.69) is 28.1 Å². The molecule has 11 nitrogen and oxygen atoms in total. The number of amides is 5. The molecule has 0 aromatic heterocycles. The van der Waals surface area contributed by atoms with Crippen LogP contribution in [0.5, 0.6) is 0 Å². The summed E-state index contributed by atoms with van der Waals surface area (Å²) >= 11 is 0. The van der Waals surface area contributed by atoms with Crippen LogP contribution in [-0.2, 0) is 23.9 Å². The Morgan fingerprint density at radius 3 is 2.33 bits per heavy atom. The molecule has 4 rings (SSSR count). The molecule has 0 radical (unpaired) electrons. The molecule has 8 atom stereocenters. The quantitative estimate of drug-likeness (QED) is 0.350. The minimum absolute atomic E-state index is 0.102. The van der Waals surface area contributed by atoms with Gasteiger partial charge in [0.05, 0.1) is 0 Å². The molecule has 5 amide bonds. The van der Waals surface area contributed by atoms with E-state index in [1.54, 1.807) is 25.7 Å². The summed E-state index contributed by atoms with van der Waals surface area (Å²) < 4.78 is 5.43. The Morgan fingerprint density at radius 1 is 1.10 bits per heavy atom. The molecule has 0 aromatic carbocycles. The third kappa shape index (κ3) is 6.06. The van der Waals surface area contributed by atoms with Gasteiger partial charge in [0, 0.05) is 19.0 Å². The maximum absolute atomic E-state index is 14.1. The number of nitrogens with one attached hydrogen (secondary N) is 3. The van der Waals surface area contributed by atoms with Crippen molar-refractivity contribution in [2.75, 3.05) is 13.1 Å². The van der Waals surface area contributed by atoms with Crippen molar-refractivity contribution in [3.63, 3.8) is 0 Å². The number of nitrogens with two attached hydrogens (primary N) is 1. The molecular weight excluding hydrogens is 502 g/mol. The van der Waals surface area contributed by atoms with Crippen molar-refractivity contribution in [2.24, 2.45) is 40.7 Å². The number of ether oxygens (including phenoxy) is 1. The summed E-state index contributed by atoms with van der Waals surface area (Å²) in [6.45, 7) is 11.7. The second-order valence-corrected chi connectivity index (χ2v) is 13.5. The highest BCUT2D eigenvalue weighted by molar-refractivity contribution is 5.95. The van der Waals surface area contributed by atoms with Crippen molar-refractivity contribution in [3.8, 4) is 0 Å².